The minimum atomic E-state index is 0.455. The van der Waals surface area contributed by atoms with E-state index in [0.717, 1.165) is 34.2 Å². The van der Waals surface area contributed by atoms with Crippen LogP contribution in [0, 0.1) is 5.92 Å². The van der Waals surface area contributed by atoms with E-state index in [-0.39, 0.29) is 0 Å². The lowest BCUT2D eigenvalue weighted by Crippen LogP contribution is -2.24. The Morgan fingerprint density at radius 1 is 1.42 bits per heavy atom. The van der Waals surface area contributed by atoms with E-state index in [1.165, 1.54) is 19.3 Å². The molecule has 1 aromatic carbocycles. The van der Waals surface area contributed by atoms with Gasteiger partial charge in [0.1, 0.15) is 5.82 Å². The van der Waals surface area contributed by atoms with Gasteiger partial charge in [-0.05, 0) is 37.8 Å². The predicted octanol–water partition coefficient (Wildman–Crippen LogP) is 4.83. The van der Waals surface area contributed by atoms with Crippen molar-refractivity contribution in [2.24, 2.45) is 5.92 Å². The van der Waals surface area contributed by atoms with Crippen molar-refractivity contribution < 1.29 is 0 Å². The van der Waals surface area contributed by atoms with Crippen molar-refractivity contribution in [3.63, 3.8) is 0 Å². The molecule has 1 atom stereocenters. The molecule has 2 aromatic rings. The molecule has 0 radical (unpaired) electrons. The van der Waals surface area contributed by atoms with Crippen LogP contribution in [0.3, 0.4) is 0 Å². The number of halogens is 2. The fourth-order valence-corrected chi connectivity index (χ4v) is 3.42. The zero-order valence-corrected chi connectivity index (χ0v) is 12.6. The number of fused-ring (bicyclic) bond motifs is 1. The quantitative estimate of drug-likeness (QED) is 0.739. The SMILES string of the molecule is CC(C1CCC1)n1c(CCCl)nc2cccc(Cl)c21. The van der Waals surface area contributed by atoms with Crippen molar-refractivity contribution in [2.75, 3.05) is 5.88 Å². The Kier molecular flexibility index (Phi) is 3.72. The van der Waals surface area contributed by atoms with Gasteiger partial charge in [-0.3, -0.25) is 0 Å². The lowest BCUT2D eigenvalue weighted by atomic mass is 9.80. The maximum atomic E-state index is 6.39. The summed E-state index contributed by atoms with van der Waals surface area (Å²) in [5.74, 6) is 2.42. The molecule has 0 amide bonds. The molecule has 19 heavy (non-hydrogen) atoms. The number of benzene rings is 1. The molecule has 4 heteroatoms. The van der Waals surface area contributed by atoms with Gasteiger partial charge >= 0.3 is 0 Å². The van der Waals surface area contributed by atoms with Crippen LogP contribution < -0.4 is 0 Å². The van der Waals surface area contributed by atoms with Crippen molar-refractivity contribution in [1.82, 2.24) is 9.55 Å². The van der Waals surface area contributed by atoms with E-state index < -0.39 is 0 Å². The van der Waals surface area contributed by atoms with Crippen LogP contribution in [0.25, 0.3) is 11.0 Å². The second-order valence-corrected chi connectivity index (χ2v) is 6.16. The van der Waals surface area contributed by atoms with Crippen molar-refractivity contribution in [3.05, 3.63) is 29.0 Å². The number of para-hydroxylation sites is 1. The van der Waals surface area contributed by atoms with Crippen LogP contribution in [-0.4, -0.2) is 15.4 Å². The van der Waals surface area contributed by atoms with Crippen molar-refractivity contribution >= 4 is 34.2 Å². The van der Waals surface area contributed by atoms with Crippen LogP contribution in [0.4, 0.5) is 0 Å². The molecule has 1 saturated carbocycles. The summed E-state index contributed by atoms with van der Waals surface area (Å²) in [4.78, 5) is 4.72. The van der Waals surface area contributed by atoms with E-state index in [2.05, 4.69) is 11.5 Å². The highest BCUT2D eigenvalue weighted by Gasteiger charge is 2.28. The second kappa shape index (κ2) is 5.34. The van der Waals surface area contributed by atoms with Crippen LogP contribution in [0.2, 0.25) is 5.02 Å². The molecule has 1 aliphatic carbocycles. The molecule has 0 aliphatic heterocycles. The zero-order valence-electron chi connectivity index (χ0n) is 11.1. The molecule has 1 fully saturated rings. The molecule has 0 spiro atoms. The highest BCUT2D eigenvalue weighted by molar-refractivity contribution is 6.35. The van der Waals surface area contributed by atoms with Crippen molar-refractivity contribution in [3.8, 4) is 0 Å². The first kappa shape index (κ1) is 13.3. The van der Waals surface area contributed by atoms with Gasteiger partial charge in [-0.1, -0.05) is 24.1 Å². The van der Waals surface area contributed by atoms with Crippen LogP contribution in [0.5, 0.6) is 0 Å². The number of aryl methyl sites for hydroxylation is 1. The van der Waals surface area contributed by atoms with Crippen molar-refractivity contribution in [1.29, 1.82) is 0 Å². The van der Waals surface area contributed by atoms with Gasteiger partial charge in [-0.25, -0.2) is 4.98 Å². The van der Waals surface area contributed by atoms with Gasteiger partial charge in [0.05, 0.1) is 16.1 Å². The van der Waals surface area contributed by atoms with Crippen LogP contribution in [0.15, 0.2) is 18.2 Å². The highest BCUT2D eigenvalue weighted by Crippen LogP contribution is 2.39. The number of imidazole rings is 1. The summed E-state index contributed by atoms with van der Waals surface area (Å²) >= 11 is 12.3. The predicted molar refractivity (Wildman–Crippen MR) is 81.2 cm³/mol. The lowest BCUT2D eigenvalue weighted by Gasteiger charge is -2.33. The topological polar surface area (TPSA) is 17.8 Å². The molecule has 1 unspecified atom stereocenters. The fraction of sp³-hybridized carbons (Fsp3) is 0.533. The van der Waals surface area contributed by atoms with E-state index in [1.54, 1.807) is 0 Å². The normalized spacial score (nSPS) is 17.6. The smallest absolute Gasteiger partial charge is 0.111 e. The average molecular weight is 297 g/mol. The highest BCUT2D eigenvalue weighted by atomic mass is 35.5. The minimum Gasteiger partial charge on any atom is -0.324 e. The Hall–Kier alpha value is -0.730. The summed E-state index contributed by atoms with van der Waals surface area (Å²) in [6.07, 6.45) is 4.76. The molecule has 2 nitrogen and oxygen atoms in total. The Morgan fingerprint density at radius 3 is 2.84 bits per heavy atom. The van der Waals surface area contributed by atoms with Gasteiger partial charge in [0.2, 0.25) is 0 Å². The molecule has 1 aliphatic rings. The minimum absolute atomic E-state index is 0.455. The Balaban J connectivity index is 2.14. The van der Waals surface area contributed by atoms with E-state index in [4.69, 9.17) is 28.2 Å². The van der Waals surface area contributed by atoms with Gasteiger partial charge < -0.3 is 4.57 Å². The summed E-state index contributed by atoms with van der Waals surface area (Å²) in [6.45, 7) is 2.28. The van der Waals surface area contributed by atoms with Gasteiger partial charge in [0.25, 0.3) is 0 Å². The van der Waals surface area contributed by atoms with Crippen molar-refractivity contribution in [2.45, 2.75) is 38.6 Å². The number of alkyl halides is 1. The van der Waals surface area contributed by atoms with E-state index in [0.29, 0.717) is 11.9 Å². The summed E-state index contributed by atoms with van der Waals surface area (Å²) < 4.78 is 2.32. The molecule has 102 valence electrons. The summed E-state index contributed by atoms with van der Waals surface area (Å²) in [5.41, 5.74) is 2.06. The number of hydrogen-bond acceptors (Lipinski definition) is 1. The van der Waals surface area contributed by atoms with Crippen LogP contribution in [0.1, 0.15) is 38.1 Å². The second-order valence-electron chi connectivity index (χ2n) is 5.38. The third-order valence-corrected chi connectivity index (χ3v) is 4.79. The Morgan fingerprint density at radius 2 is 2.21 bits per heavy atom. The van der Waals surface area contributed by atoms with Gasteiger partial charge in [0.15, 0.2) is 0 Å². The molecule has 1 heterocycles. The molecule has 3 rings (SSSR count). The summed E-state index contributed by atoms with van der Waals surface area (Å²) in [6, 6.07) is 6.39. The molecular formula is C15H18Cl2N2. The molecule has 0 N–H and O–H groups in total. The first-order valence-electron chi connectivity index (χ1n) is 6.93. The number of rotatable bonds is 4. The third-order valence-electron chi connectivity index (χ3n) is 4.29. The zero-order chi connectivity index (χ0) is 13.4. The first-order chi connectivity index (χ1) is 9.22. The van der Waals surface area contributed by atoms with Crippen LogP contribution in [-0.2, 0) is 6.42 Å². The van der Waals surface area contributed by atoms with E-state index in [9.17, 15) is 0 Å². The maximum Gasteiger partial charge on any atom is 0.111 e. The maximum absolute atomic E-state index is 6.39. The fourth-order valence-electron chi connectivity index (χ4n) is 2.99. The van der Waals surface area contributed by atoms with Crippen LogP contribution >= 0.6 is 23.2 Å². The third kappa shape index (κ3) is 2.25. The van der Waals surface area contributed by atoms with Gasteiger partial charge in [-0.15, -0.1) is 11.6 Å². The molecule has 0 bridgehead atoms. The molecule has 1 aromatic heterocycles. The van der Waals surface area contributed by atoms with E-state index >= 15 is 0 Å². The molecular weight excluding hydrogens is 279 g/mol. The lowest BCUT2D eigenvalue weighted by molar-refractivity contribution is 0.223. The Labute approximate surface area is 123 Å². The average Bonchev–Trinajstić information content (AvgIpc) is 2.66. The number of hydrogen-bond donors (Lipinski definition) is 0. The standard InChI is InChI=1S/C15H18Cl2N2/c1-10(11-4-2-5-11)19-14(8-9-16)18-13-7-3-6-12(17)15(13)19/h3,6-7,10-11H,2,4-5,8-9H2,1H3. The van der Waals surface area contributed by atoms with Gasteiger partial charge in [-0.2, -0.15) is 0 Å². The molecule has 0 saturated heterocycles. The summed E-state index contributed by atoms with van der Waals surface area (Å²) in [5, 5.41) is 0.789. The number of nitrogens with zero attached hydrogens (tertiary/aromatic N) is 2. The first-order valence-corrected chi connectivity index (χ1v) is 7.85. The monoisotopic (exact) mass is 296 g/mol. The Bertz CT molecular complexity index is 587. The summed E-state index contributed by atoms with van der Waals surface area (Å²) in [7, 11) is 0. The number of aromatic nitrogens is 2. The van der Waals surface area contributed by atoms with Gasteiger partial charge in [0, 0.05) is 18.3 Å². The van der Waals surface area contributed by atoms with E-state index in [1.807, 2.05) is 18.2 Å². The largest absolute Gasteiger partial charge is 0.324 e.